The van der Waals surface area contributed by atoms with Gasteiger partial charge in [0, 0.05) is 25.1 Å². The van der Waals surface area contributed by atoms with Crippen molar-refractivity contribution in [2.24, 2.45) is 0 Å². The van der Waals surface area contributed by atoms with E-state index in [4.69, 9.17) is 4.52 Å². The highest BCUT2D eigenvalue weighted by atomic mass is 16.5. The first-order valence-corrected chi connectivity index (χ1v) is 6.98. The van der Waals surface area contributed by atoms with Crippen LogP contribution in [0.4, 0.5) is 5.69 Å². The van der Waals surface area contributed by atoms with Gasteiger partial charge in [0.25, 0.3) is 5.91 Å². The molecule has 22 heavy (non-hydrogen) atoms. The summed E-state index contributed by atoms with van der Waals surface area (Å²) in [6, 6.07) is 6.34. The topological polar surface area (TPSA) is 97.1 Å². The van der Waals surface area contributed by atoms with Crippen molar-refractivity contribution in [1.29, 1.82) is 0 Å². The van der Waals surface area contributed by atoms with Crippen molar-refractivity contribution in [3.8, 4) is 0 Å². The number of amides is 2. The Balaban J connectivity index is 2.05. The Kier molecular flexibility index (Phi) is 4.88. The maximum atomic E-state index is 12.2. The van der Waals surface area contributed by atoms with Crippen LogP contribution < -0.4 is 10.6 Å². The molecule has 7 heteroatoms. The first-order valence-electron chi connectivity index (χ1n) is 6.98. The van der Waals surface area contributed by atoms with Gasteiger partial charge in [0.2, 0.25) is 11.8 Å². The Morgan fingerprint density at radius 3 is 2.45 bits per heavy atom. The summed E-state index contributed by atoms with van der Waals surface area (Å²) in [7, 11) is 0. The Morgan fingerprint density at radius 2 is 1.95 bits per heavy atom. The average Bonchev–Trinajstić information content (AvgIpc) is 2.91. The number of nitrogens with one attached hydrogen (secondary N) is 2. The van der Waals surface area contributed by atoms with E-state index in [1.807, 2.05) is 6.92 Å². The van der Waals surface area contributed by atoms with Crippen LogP contribution >= 0.6 is 0 Å². The maximum Gasteiger partial charge on any atom is 0.251 e. The highest BCUT2D eigenvalue weighted by Gasteiger charge is 2.18. The maximum absolute atomic E-state index is 12.2. The normalized spacial score (nSPS) is 11.8. The van der Waals surface area contributed by atoms with Crippen molar-refractivity contribution in [3.05, 3.63) is 41.5 Å². The molecule has 0 saturated carbocycles. The second kappa shape index (κ2) is 6.84. The number of hydrogen-bond donors (Lipinski definition) is 2. The summed E-state index contributed by atoms with van der Waals surface area (Å²) in [5.41, 5.74) is 1.14. The molecule has 2 aromatic rings. The minimum absolute atomic E-state index is 0.157. The number of anilines is 1. The van der Waals surface area contributed by atoms with E-state index in [1.165, 1.54) is 6.92 Å². The molecule has 0 saturated heterocycles. The van der Waals surface area contributed by atoms with E-state index < -0.39 is 0 Å². The van der Waals surface area contributed by atoms with E-state index in [1.54, 1.807) is 31.2 Å². The van der Waals surface area contributed by atoms with Gasteiger partial charge in [-0.2, -0.15) is 4.98 Å². The number of rotatable bonds is 5. The largest absolute Gasteiger partial charge is 0.342 e. The average molecular weight is 302 g/mol. The zero-order valence-corrected chi connectivity index (χ0v) is 12.7. The molecule has 0 radical (unpaired) electrons. The summed E-state index contributed by atoms with van der Waals surface area (Å²) >= 11 is 0. The molecule has 2 N–H and O–H groups in total. The summed E-state index contributed by atoms with van der Waals surface area (Å²) in [5, 5.41) is 9.34. The molecule has 0 aliphatic heterocycles. The Bertz CT molecular complexity index is 664. The van der Waals surface area contributed by atoms with E-state index in [0.29, 0.717) is 29.4 Å². The van der Waals surface area contributed by atoms with Crippen molar-refractivity contribution in [2.45, 2.75) is 33.2 Å². The molecule has 2 amide bonds. The summed E-state index contributed by atoms with van der Waals surface area (Å²) in [4.78, 5) is 27.3. The van der Waals surface area contributed by atoms with Gasteiger partial charge in [0.1, 0.15) is 0 Å². The predicted molar refractivity (Wildman–Crippen MR) is 80.3 cm³/mol. The van der Waals surface area contributed by atoms with Gasteiger partial charge in [-0.05, 0) is 30.7 Å². The molecule has 0 aliphatic carbocycles. The van der Waals surface area contributed by atoms with Gasteiger partial charge in [0.05, 0.1) is 6.04 Å². The molecule has 1 heterocycles. The van der Waals surface area contributed by atoms with E-state index in [-0.39, 0.29) is 17.9 Å². The third-order valence-electron chi connectivity index (χ3n) is 3.04. The Hall–Kier alpha value is -2.70. The lowest BCUT2D eigenvalue weighted by Gasteiger charge is -2.13. The molecular weight excluding hydrogens is 284 g/mol. The number of carbonyl (C=O) groups is 2. The van der Waals surface area contributed by atoms with E-state index in [2.05, 4.69) is 20.8 Å². The lowest BCUT2D eigenvalue weighted by molar-refractivity contribution is -0.114. The molecule has 0 bridgehead atoms. The zero-order valence-electron chi connectivity index (χ0n) is 12.7. The summed E-state index contributed by atoms with van der Waals surface area (Å²) < 4.78 is 4.93. The Labute approximate surface area is 128 Å². The molecule has 1 atom stereocenters. The van der Waals surface area contributed by atoms with Gasteiger partial charge in [-0.25, -0.2) is 0 Å². The fourth-order valence-corrected chi connectivity index (χ4v) is 1.96. The highest BCUT2D eigenvalue weighted by molar-refractivity contribution is 5.95. The second-order valence-electron chi connectivity index (χ2n) is 4.86. The summed E-state index contributed by atoms with van der Waals surface area (Å²) in [6.07, 6.45) is 0.648. The van der Waals surface area contributed by atoms with Crippen LogP contribution in [0, 0.1) is 6.92 Å². The lowest BCUT2D eigenvalue weighted by atomic mass is 10.1. The third kappa shape index (κ3) is 3.91. The first kappa shape index (κ1) is 15.7. The molecule has 0 unspecified atom stereocenters. The minimum Gasteiger partial charge on any atom is -0.342 e. The van der Waals surface area contributed by atoms with Gasteiger partial charge in [-0.15, -0.1) is 0 Å². The van der Waals surface area contributed by atoms with E-state index in [9.17, 15) is 9.59 Å². The smallest absolute Gasteiger partial charge is 0.251 e. The van der Waals surface area contributed by atoms with Crippen LogP contribution in [-0.2, 0) is 4.79 Å². The van der Waals surface area contributed by atoms with Crippen LogP contribution in [-0.4, -0.2) is 22.0 Å². The molecule has 1 aromatic carbocycles. The SMILES string of the molecule is CC[C@@H](NC(=O)c1ccc(NC(C)=O)cc1)c1noc(C)n1. The molecular formula is C15H18N4O3. The summed E-state index contributed by atoms with van der Waals surface area (Å²) in [6.45, 7) is 5.06. The molecule has 2 rings (SSSR count). The van der Waals surface area contributed by atoms with Crippen molar-refractivity contribution in [3.63, 3.8) is 0 Å². The van der Waals surface area contributed by atoms with Crippen LogP contribution in [0.2, 0.25) is 0 Å². The molecule has 1 aromatic heterocycles. The lowest BCUT2D eigenvalue weighted by Crippen LogP contribution is -2.28. The van der Waals surface area contributed by atoms with E-state index >= 15 is 0 Å². The zero-order chi connectivity index (χ0) is 16.1. The third-order valence-corrected chi connectivity index (χ3v) is 3.04. The minimum atomic E-state index is -0.306. The van der Waals surface area contributed by atoms with Crippen molar-refractivity contribution >= 4 is 17.5 Å². The van der Waals surface area contributed by atoms with Crippen LogP contribution in [0.5, 0.6) is 0 Å². The first-order chi connectivity index (χ1) is 10.5. The summed E-state index contributed by atoms with van der Waals surface area (Å²) in [5.74, 6) is 0.532. The van der Waals surface area contributed by atoms with Crippen LogP contribution in [0.1, 0.15) is 48.4 Å². The molecule has 116 valence electrons. The van der Waals surface area contributed by atoms with Gasteiger partial charge in [-0.3, -0.25) is 9.59 Å². The second-order valence-corrected chi connectivity index (χ2v) is 4.86. The van der Waals surface area contributed by atoms with Crippen LogP contribution in [0.3, 0.4) is 0 Å². The van der Waals surface area contributed by atoms with Crippen molar-refractivity contribution in [1.82, 2.24) is 15.5 Å². The van der Waals surface area contributed by atoms with Crippen molar-refractivity contribution in [2.75, 3.05) is 5.32 Å². The quantitative estimate of drug-likeness (QED) is 0.882. The number of hydrogen-bond acceptors (Lipinski definition) is 5. The number of benzene rings is 1. The van der Waals surface area contributed by atoms with E-state index in [0.717, 1.165) is 0 Å². The standard InChI is InChI=1S/C15H18N4O3/c1-4-13(14-17-10(3)22-19-14)18-15(21)11-5-7-12(8-6-11)16-9(2)20/h5-8,13H,4H2,1-3H3,(H,16,20)(H,18,21)/t13-/m1/s1. The van der Waals surface area contributed by atoms with Crippen molar-refractivity contribution < 1.29 is 14.1 Å². The fraction of sp³-hybridized carbons (Fsp3) is 0.333. The monoisotopic (exact) mass is 302 g/mol. The number of aryl methyl sites for hydroxylation is 1. The predicted octanol–water partition coefficient (Wildman–Crippen LogP) is 2.22. The highest BCUT2D eigenvalue weighted by Crippen LogP contribution is 2.15. The van der Waals surface area contributed by atoms with Crippen LogP contribution in [0.15, 0.2) is 28.8 Å². The van der Waals surface area contributed by atoms with Gasteiger partial charge in [0.15, 0.2) is 5.82 Å². The molecule has 7 nitrogen and oxygen atoms in total. The van der Waals surface area contributed by atoms with Gasteiger partial charge < -0.3 is 15.2 Å². The van der Waals surface area contributed by atoms with Gasteiger partial charge >= 0.3 is 0 Å². The Morgan fingerprint density at radius 1 is 1.27 bits per heavy atom. The number of nitrogens with zero attached hydrogens (tertiary/aromatic N) is 2. The molecule has 0 spiro atoms. The molecule has 0 aliphatic rings. The van der Waals surface area contributed by atoms with Crippen LogP contribution in [0.25, 0.3) is 0 Å². The molecule has 0 fully saturated rings. The number of carbonyl (C=O) groups excluding carboxylic acids is 2. The van der Waals surface area contributed by atoms with Gasteiger partial charge in [-0.1, -0.05) is 12.1 Å². The number of aromatic nitrogens is 2. The fourth-order valence-electron chi connectivity index (χ4n) is 1.96.